The Labute approximate surface area is 190 Å². The average Bonchev–Trinajstić information content (AvgIpc) is 2.67. The maximum atomic E-state index is 11.8. The largest absolute Gasteiger partial charge is 0.756 e. The minimum absolute atomic E-state index is 0. The number of carbonyl (C=O) groups excluding carboxylic acids is 3. The van der Waals surface area contributed by atoms with E-state index in [1.807, 2.05) is 0 Å². The van der Waals surface area contributed by atoms with Crippen LogP contribution in [0.2, 0.25) is 0 Å². The molecular formula is C21H46N2O7P-. The number of hydrogen-bond acceptors (Lipinski definition) is 7. The molecule has 9 nitrogen and oxygen atoms in total. The fraction of sp³-hybridized carbons (Fsp3) is 0.857. The highest BCUT2D eigenvalue weighted by molar-refractivity contribution is 7.45. The van der Waals surface area contributed by atoms with Gasteiger partial charge in [-0.1, -0.05) is 58.8 Å². The number of nitrogens with one attached hydrogen (secondary N) is 2. The molecule has 0 spiro atoms. The van der Waals surface area contributed by atoms with Crippen molar-refractivity contribution in [2.45, 2.75) is 97.9 Å². The smallest absolute Gasteiger partial charge is 0.315 e. The molecular weight excluding hydrogens is 423 g/mol. The molecule has 0 fully saturated rings. The van der Waals surface area contributed by atoms with E-state index < -0.39 is 19.9 Å². The van der Waals surface area contributed by atoms with Gasteiger partial charge in [-0.05, 0) is 26.7 Å². The van der Waals surface area contributed by atoms with Crippen molar-refractivity contribution in [2.24, 2.45) is 0 Å². The third-order valence-electron chi connectivity index (χ3n) is 4.62. The Hall–Kier alpha value is -1.28. The van der Waals surface area contributed by atoms with Gasteiger partial charge in [0.1, 0.15) is 5.78 Å². The lowest BCUT2D eigenvalue weighted by molar-refractivity contribution is -0.223. The molecule has 188 valence electrons. The molecule has 0 aliphatic heterocycles. The van der Waals surface area contributed by atoms with Crippen LogP contribution >= 0.6 is 7.82 Å². The third kappa shape index (κ3) is 20.4. The molecule has 0 heterocycles. The van der Waals surface area contributed by atoms with Gasteiger partial charge in [0.15, 0.2) is 5.78 Å². The summed E-state index contributed by atoms with van der Waals surface area (Å²) in [6, 6.07) is -1.17. The van der Waals surface area contributed by atoms with Gasteiger partial charge in [0.05, 0.1) is 12.6 Å². The summed E-state index contributed by atoms with van der Waals surface area (Å²) in [7, 11) is -2.99. The lowest BCUT2D eigenvalue weighted by Gasteiger charge is -2.19. The molecule has 0 aromatic carbocycles. The highest BCUT2D eigenvalue weighted by Gasteiger charge is 2.18. The van der Waals surface area contributed by atoms with E-state index in [4.69, 9.17) is 0 Å². The van der Waals surface area contributed by atoms with E-state index in [1.54, 1.807) is 0 Å². The van der Waals surface area contributed by atoms with Crippen LogP contribution in [0.4, 0.5) is 4.79 Å². The van der Waals surface area contributed by atoms with E-state index >= 15 is 0 Å². The van der Waals surface area contributed by atoms with Crippen LogP contribution in [0.25, 0.3) is 0 Å². The van der Waals surface area contributed by atoms with E-state index in [9.17, 15) is 23.8 Å². The Morgan fingerprint density at radius 1 is 0.935 bits per heavy atom. The SMILES string of the molecule is C.COP(=O)([O-])OCCCCCCCCCCCCNC(=O)NC(CC(C)=O)C(C)=O.[HH].[HH]. The summed E-state index contributed by atoms with van der Waals surface area (Å²) >= 11 is 0. The van der Waals surface area contributed by atoms with Crippen LogP contribution in [0.5, 0.6) is 0 Å². The molecule has 0 saturated heterocycles. The molecule has 10 heteroatoms. The van der Waals surface area contributed by atoms with E-state index in [-0.39, 0.29) is 34.9 Å². The first kappa shape index (κ1) is 31.9. The zero-order chi connectivity index (χ0) is 22.8. The summed E-state index contributed by atoms with van der Waals surface area (Å²) in [5.74, 6) is -0.365. The number of hydrogen-bond donors (Lipinski definition) is 2. The summed E-state index contributed by atoms with van der Waals surface area (Å²) in [4.78, 5) is 45.3. The second-order valence-electron chi connectivity index (χ2n) is 7.47. The standard InChI is InChI=1S/C20H39N2O7P.CH4.2H2/c1-17(23)16-19(18(2)24)22-20(25)21-14-12-10-8-6-4-5-7-9-11-13-15-29-30(26,27)28-3;;;/h19H,4-16H2,1-3H3,(H,26,27)(H2,21,22,25);1H4;2*1H/p-1. The van der Waals surface area contributed by atoms with E-state index in [1.165, 1.54) is 13.8 Å². The van der Waals surface area contributed by atoms with Crippen molar-refractivity contribution in [3.8, 4) is 0 Å². The molecule has 0 bridgehead atoms. The number of urea groups is 1. The number of ketones is 2. The van der Waals surface area contributed by atoms with Gasteiger partial charge in [0.25, 0.3) is 7.82 Å². The van der Waals surface area contributed by atoms with Gasteiger partial charge in [-0.2, -0.15) is 0 Å². The zero-order valence-electron chi connectivity index (χ0n) is 18.6. The minimum atomic E-state index is -4.08. The van der Waals surface area contributed by atoms with Crippen LogP contribution in [0, 0.1) is 0 Å². The number of Topliss-reactive ketones (excluding diaryl/α,β-unsaturated/α-hetero) is 2. The first-order valence-corrected chi connectivity index (χ1v) is 12.2. The van der Waals surface area contributed by atoms with Crippen LogP contribution in [0.1, 0.15) is 94.8 Å². The van der Waals surface area contributed by atoms with Crippen LogP contribution in [-0.4, -0.2) is 43.9 Å². The fourth-order valence-electron chi connectivity index (χ4n) is 2.87. The van der Waals surface area contributed by atoms with E-state index in [0.717, 1.165) is 64.9 Å². The van der Waals surface area contributed by atoms with Crippen molar-refractivity contribution < 1.29 is 35.7 Å². The van der Waals surface area contributed by atoms with Crippen LogP contribution < -0.4 is 15.5 Å². The molecule has 2 atom stereocenters. The van der Waals surface area contributed by atoms with Crippen molar-refractivity contribution in [1.82, 2.24) is 10.6 Å². The second-order valence-corrected chi connectivity index (χ2v) is 8.99. The lowest BCUT2D eigenvalue weighted by Crippen LogP contribution is -2.46. The Balaban J connectivity index is -0.00000140. The Morgan fingerprint density at radius 2 is 1.42 bits per heavy atom. The number of phosphoric ester groups is 1. The van der Waals surface area contributed by atoms with Crippen molar-refractivity contribution in [1.29, 1.82) is 0 Å². The maximum absolute atomic E-state index is 11.8. The highest BCUT2D eigenvalue weighted by Crippen LogP contribution is 2.36. The van der Waals surface area contributed by atoms with Crippen molar-refractivity contribution in [2.75, 3.05) is 20.3 Å². The molecule has 0 saturated carbocycles. The first-order valence-electron chi connectivity index (χ1n) is 10.7. The molecule has 0 radical (unpaired) electrons. The first-order chi connectivity index (χ1) is 14.2. The third-order valence-corrected chi connectivity index (χ3v) is 5.56. The molecule has 0 aliphatic rings. The zero-order valence-corrected chi connectivity index (χ0v) is 19.5. The molecule has 2 amide bonds. The van der Waals surface area contributed by atoms with Gasteiger partial charge < -0.3 is 24.6 Å². The average molecular weight is 470 g/mol. The monoisotopic (exact) mass is 469 g/mol. The molecule has 0 aliphatic carbocycles. The molecule has 0 aromatic rings. The Morgan fingerprint density at radius 3 is 1.87 bits per heavy atom. The van der Waals surface area contributed by atoms with Crippen LogP contribution in [-0.2, 0) is 23.2 Å². The highest BCUT2D eigenvalue weighted by atomic mass is 31.2. The molecule has 0 aromatic heterocycles. The van der Waals surface area contributed by atoms with Crippen LogP contribution in [0.15, 0.2) is 0 Å². The second kappa shape index (κ2) is 19.4. The summed E-state index contributed by atoms with van der Waals surface area (Å²) < 4.78 is 19.8. The van der Waals surface area contributed by atoms with Gasteiger partial charge in [0, 0.05) is 22.9 Å². The number of phosphoric acid groups is 1. The van der Waals surface area contributed by atoms with E-state index in [0.29, 0.717) is 13.0 Å². The van der Waals surface area contributed by atoms with Gasteiger partial charge in [-0.15, -0.1) is 0 Å². The quantitative estimate of drug-likeness (QED) is 0.212. The number of rotatable bonds is 19. The van der Waals surface area contributed by atoms with Gasteiger partial charge in [-0.25, -0.2) is 4.79 Å². The predicted molar refractivity (Wildman–Crippen MR) is 124 cm³/mol. The molecule has 2 N–H and O–H groups in total. The van der Waals surface area contributed by atoms with Crippen molar-refractivity contribution in [3.05, 3.63) is 0 Å². The predicted octanol–water partition coefficient (Wildman–Crippen LogP) is 4.38. The molecule has 2 unspecified atom stereocenters. The molecule has 0 rings (SSSR count). The van der Waals surface area contributed by atoms with Crippen molar-refractivity contribution >= 4 is 25.4 Å². The minimum Gasteiger partial charge on any atom is -0.756 e. The number of amides is 2. The number of carbonyl (C=O) groups is 3. The lowest BCUT2D eigenvalue weighted by atomic mass is 10.1. The maximum Gasteiger partial charge on any atom is 0.315 e. The normalized spacial score (nSPS) is 13.5. The summed E-state index contributed by atoms with van der Waals surface area (Å²) in [5, 5.41) is 5.26. The molecule has 31 heavy (non-hydrogen) atoms. The summed E-state index contributed by atoms with van der Waals surface area (Å²) in [6.07, 6.45) is 10.3. The Bertz CT molecular complexity index is 569. The van der Waals surface area contributed by atoms with Crippen LogP contribution in [0.3, 0.4) is 0 Å². The van der Waals surface area contributed by atoms with Gasteiger partial charge in [0.2, 0.25) is 0 Å². The topological polar surface area (TPSA) is 134 Å². The fourth-order valence-corrected chi connectivity index (χ4v) is 3.32. The summed E-state index contributed by atoms with van der Waals surface area (Å²) in [6.45, 7) is 3.47. The van der Waals surface area contributed by atoms with Gasteiger partial charge >= 0.3 is 6.03 Å². The van der Waals surface area contributed by atoms with Gasteiger partial charge in [-0.3, -0.25) is 14.2 Å². The van der Waals surface area contributed by atoms with Crippen molar-refractivity contribution in [3.63, 3.8) is 0 Å². The number of unbranched alkanes of at least 4 members (excludes halogenated alkanes) is 9. The van der Waals surface area contributed by atoms with E-state index in [2.05, 4.69) is 19.7 Å². The Kier molecular flexibility index (Phi) is 20.0. The summed E-state index contributed by atoms with van der Waals surface area (Å²) in [5.41, 5.74) is 0.